The molecule has 0 radical (unpaired) electrons. The van der Waals surface area contributed by atoms with Gasteiger partial charge in [-0.3, -0.25) is 9.59 Å². The number of benzene rings is 2. The lowest BCUT2D eigenvalue weighted by Crippen LogP contribution is -2.34. The highest BCUT2D eigenvalue weighted by Gasteiger charge is 2.21. The van der Waals surface area contributed by atoms with Gasteiger partial charge in [-0.15, -0.1) is 0 Å². The van der Waals surface area contributed by atoms with Crippen molar-refractivity contribution in [2.75, 3.05) is 18.5 Å². The topological polar surface area (TPSA) is 106 Å². The predicted molar refractivity (Wildman–Crippen MR) is 116 cm³/mol. The van der Waals surface area contributed by atoms with Crippen molar-refractivity contribution < 1.29 is 23.9 Å². The molecule has 0 bridgehead atoms. The Kier molecular flexibility index (Phi) is 9.02. The molecule has 0 aliphatic heterocycles. The number of hydrogen-bond donors (Lipinski definition) is 2. The maximum Gasteiger partial charge on any atom is 0.344 e. The molecule has 0 heterocycles. The molecule has 2 amide bonds. The van der Waals surface area contributed by atoms with Gasteiger partial charge in [-0.1, -0.05) is 24.3 Å². The van der Waals surface area contributed by atoms with E-state index in [1.807, 2.05) is 6.07 Å². The lowest BCUT2D eigenvalue weighted by atomic mass is 10.1. The SMILES string of the molecule is CCOC(=O)COc1cccc(C=NNC(=O)C(C)C(=O)Nc2ccccc2Br)c1. The number of amides is 2. The van der Waals surface area contributed by atoms with Gasteiger partial charge >= 0.3 is 5.97 Å². The minimum Gasteiger partial charge on any atom is -0.482 e. The molecule has 2 N–H and O–H groups in total. The summed E-state index contributed by atoms with van der Waals surface area (Å²) in [6.45, 7) is 3.29. The van der Waals surface area contributed by atoms with Crippen molar-refractivity contribution in [3.8, 4) is 5.75 Å². The monoisotopic (exact) mass is 475 g/mol. The second-order valence-electron chi connectivity index (χ2n) is 6.09. The van der Waals surface area contributed by atoms with E-state index in [0.29, 0.717) is 21.5 Å². The van der Waals surface area contributed by atoms with E-state index < -0.39 is 23.7 Å². The summed E-state index contributed by atoms with van der Waals surface area (Å²) < 4.78 is 10.9. The van der Waals surface area contributed by atoms with Crippen molar-refractivity contribution in [1.29, 1.82) is 0 Å². The number of hydrogen-bond acceptors (Lipinski definition) is 6. The maximum absolute atomic E-state index is 12.3. The van der Waals surface area contributed by atoms with Crippen LogP contribution in [-0.2, 0) is 19.1 Å². The molecule has 30 heavy (non-hydrogen) atoms. The van der Waals surface area contributed by atoms with Gasteiger partial charge in [0.25, 0.3) is 5.91 Å². The number of para-hydroxylation sites is 1. The number of rotatable bonds is 9. The van der Waals surface area contributed by atoms with Gasteiger partial charge in [-0.25, -0.2) is 10.2 Å². The van der Waals surface area contributed by atoms with E-state index in [1.165, 1.54) is 13.1 Å². The Labute approximate surface area is 182 Å². The zero-order valence-electron chi connectivity index (χ0n) is 16.6. The van der Waals surface area contributed by atoms with Crippen LogP contribution < -0.4 is 15.5 Å². The number of anilines is 1. The largest absolute Gasteiger partial charge is 0.482 e. The first-order valence-corrected chi connectivity index (χ1v) is 9.96. The molecule has 0 fully saturated rings. The molecule has 0 saturated carbocycles. The number of nitrogens with zero attached hydrogens (tertiary/aromatic N) is 1. The van der Waals surface area contributed by atoms with Crippen LogP contribution in [0.1, 0.15) is 19.4 Å². The van der Waals surface area contributed by atoms with Crippen LogP contribution in [0.3, 0.4) is 0 Å². The maximum atomic E-state index is 12.3. The van der Waals surface area contributed by atoms with Crippen molar-refractivity contribution in [1.82, 2.24) is 5.43 Å². The smallest absolute Gasteiger partial charge is 0.344 e. The van der Waals surface area contributed by atoms with Crippen LogP contribution in [0.25, 0.3) is 0 Å². The number of halogens is 1. The van der Waals surface area contributed by atoms with Crippen molar-refractivity contribution >= 4 is 45.6 Å². The summed E-state index contributed by atoms with van der Waals surface area (Å²) in [5.41, 5.74) is 3.56. The summed E-state index contributed by atoms with van der Waals surface area (Å²) in [5, 5.41) is 6.56. The van der Waals surface area contributed by atoms with Gasteiger partial charge in [0.15, 0.2) is 6.61 Å². The highest BCUT2D eigenvalue weighted by Crippen LogP contribution is 2.21. The highest BCUT2D eigenvalue weighted by molar-refractivity contribution is 9.10. The lowest BCUT2D eigenvalue weighted by Gasteiger charge is -2.11. The molecule has 9 heteroatoms. The van der Waals surface area contributed by atoms with Crippen LogP contribution in [0, 0.1) is 5.92 Å². The average Bonchev–Trinajstić information content (AvgIpc) is 2.73. The summed E-state index contributed by atoms with van der Waals surface area (Å²) in [7, 11) is 0. The standard InChI is InChI=1S/C21H22BrN3O5/c1-3-29-19(26)13-30-16-8-6-7-15(11-16)12-23-25-21(28)14(2)20(27)24-18-10-5-4-9-17(18)22/h4-12,14H,3,13H2,1-2H3,(H,24,27)(H,25,28). The van der Waals surface area contributed by atoms with E-state index in [0.717, 1.165) is 0 Å². The normalized spacial score (nSPS) is 11.6. The summed E-state index contributed by atoms with van der Waals surface area (Å²) in [4.78, 5) is 35.8. The molecule has 2 aromatic rings. The number of esters is 1. The number of carbonyl (C=O) groups excluding carboxylic acids is 3. The number of ether oxygens (including phenoxy) is 2. The van der Waals surface area contributed by atoms with Gasteiger partial charge < -0.3 is 14.8 Å². The van der Waals surface area contributed by atoms with Crippen LogP contribution in [0.5, 0.6) is 5.75 Å². The summed E-state index contributed by atoms with van der Waals surface area (Å²) >= 11 is 3.34. The number of carbonyl (C=O) groups is 3. The molecule has 2 rings (SSSR count). The van der Waals surface area contributed by atoms with Gasteiger partial charge in [-0.2, -0.15) is 5.10 Å². The fourth-order valence-corrected chi connectivity index (χ4v) is 2.60. The Morgan fingerprint density at radius 1 is 1.13 bits per heavy atom. The third-order valence-corrected chi connectivity index (χ3v) is 4.52. The Hall–Kier alpha value is -3.20. The van der Waals surface area contributed by atoms with Crippen molar-refractivity contribution in [3.05, 3.63) is 58.6 Å². The van der Waals surface area contributed by atoms with Crippen LogP contribution >= 0.6 is 15.9 Å². The second kappa shape index (κ2) is 11.7. The first-order chi connectivity index (χ1) is 14.4. The zero-order valence-corrected chi connectivity index (χ0v) is 18.1. The highest BCUT2D eigenvalue weighted by atomic mass is 79.9. The molecule has 0 aliphatic rings. The van der Waals surface area contributed by atoms with E-state index in [2.05, 4.69) is 31.8 Å². The van der Waals surface area contributed by atoms with E-state index in [4.69, 9.17) is 9.47 Å². The van der Waals surface area contributed by atoms with Crippen molar-refractivity contribution in [2.45, 2.75) is 13.8 Å². The summed E-state index contributed by atoms with van der Waals surface area (Å²) in [5.74, 6) is -1.96. The fourth-order valence-electron chi connectivity index (χ4n) is 2.22. The Morgan fingerprint density at radius 3 is 2.63 bits per heavy atom. The van der Waals surface area contributed by atoms with Crippen molar-refractivity contribution in [2.24, 2.45) is 11.0 Å². The predicted octanol–water partition coefficient (Wildman–Crippen LogP) is 3.12. The third-order valence-electron chi connectivity index (χ3n) is 3.83. The van der Waals surface area contributed by atoms with Gasteiger partial charge in [0.1, 0.15) is 11.7 Å². The molecule has 1 unspecified atom stereocenters. The van der Waals surface area contributed by atoms with Crippen LogP contribution in [0.4, 0.5) is 5.69 Å². The molecule has 0 aromatic heterocycles. The van der Waals surface area contributed by atoms with Gasteiger partial charge in [0.05, 0.1) is 18.5 Å². The molecular weight excluding hydrogens is 454 g/mol. The first kappa shape index (κ1) is 23.1. The minimum atomic E-state index is -0.950. The number of hydrazone groups is 1. The van der Waals surface area contributed by atoms with Gasteiger partial charge in [0, 0.05) is 4.47 Å². The fraction of sp³-hybridized carbons (Fsp3) is 0.238. The lowest BCUT2D eigenvalue weighted by molar-refractivity contribution is -0.145. The van der Waals surface area contributed by atoms with Crippen LogP contribution in [-0.4, -0.2) is 37.2 Å². The Morgan fingerprint density at radius 2 is 1.90 bits per heavy atom. The minimum absolute atomic E-state index is 0.199. The van der Waals surface area contributed by atoms with E-state index in [9.17, 15) is 14.4 Å². The molecule has 2 aromatic carbocycles. The quantitative estimate of drug-likeness (QED) is 0.251. The summed E-state index contributed by atoms with van der Waals surface area (Å²) in [6.07, 6.45) is 1.41. The molecule has 1 atom stereocenters. The van der Waals surface area contributed by atoms with Crippen molar-refractivity contribution in [3.63, 3.8) is 0 Å². The van der Waals surface area contributed by atoms with Crippen LogP contribution in [0.15, 0.2) is 58.1 Å². The molecule has 0 saturated heterocycles. The molecule has 158 valence electrons. The van der Waals surface area contributed by atoms with Gasteiger partial charge in [0.2, 0.25) is 5.91 Å². The molecule has 0 aliphatic carbocycles. The molecule has 0 spiro atoms. The Bertz CT molecular complexity index is 932. The third kappa shape index (κ3) is 7.32. The van der Waals surface area contributed by atoms with Crippen LogP contribution in [0.2, 0.25) is 0 Å². The van der Waals surface area contributed by atoms with E-state index in [1.54, 1.807) is 49.4 Å². The first-order valence-electron chi connectivity index (χ1n) is 9.17. The average molecular weight is 476 g/mol. The number of nitrogens with one attached hydrogen (secondary N) is 2. The second-order valence-corrected chi connectivity index (χ2v) is 6.95. The van der Waals surface area contributed by atoms with E-state index >= 15 is 0 Å². The van der Waals surface area contributed by atoms with Gasteiger partial charge in [-0.05, 0) is 59.6 Å². The Balaban J connectivity index is 1.87. The van der Waals surface area contributed by atoms with E-state index in [-0.39, 0.29) is 13.2 Å². The molecule has 8 nitrogen and oxygen atoms in total. The zero-order chi connectivity index (χ0) is 21.9. The molecular formula is C21H22BrN3O5. The summed E-state index contributed by atoms with van der Waals surface area (Å²) in [6, 6.07) is 13.9.